The topological polar surface area (TPSA) is 101 Å². The Bertz CT molecular complexity index is 663. The number of hydrogen-bond donors (Lipinski definition) is 1. The molecule has 1 aromatic carbocycles. The molecular formula is C11H8N4O3. The first-order chi connectivity index (χ1) is 8.65. The van der Waals surface area contributed by atoms with Crippen LogP contribution >= 0.6 is 0 Å². The van der Waals surface area contributed by atoms with E-state index in [4.69, 9.17) is 0 Å². The van der Waals surface area contributed by atoms with Gasteiger partial charge in [0.2, 0.25) is 0 Å². The molecule has 1 heterocycles. The van der Waals surface area contributed by atoms with Gasteiger partial charge in [0.15, 0.2) is 0 Å². The van der Waals surface area contributed by atoms with Crippen molar-refractivity contribution in [2.24, 2.45) is 4.99 Å². The summed E-state index contributed by atoms with van der Waals surface area (Å²) in [6, 6.07) is 7.55. The molecule has 0 radical (unpaired) electrons. The lowest BCUT2D eigenvalue weighted by Crippen LogP contribution is -2.07. The van der Waals surface area contributed by atoms with E-state index >= 15 is 0 Å². The molecule has 0 spiro atoms. The highest BCUT2D eigenvalue weighted by Crippen LogP contribution is 2.12. The molecule has 0 unspecified atom stereocenters. The van der Waals surface area contributed by atoms with Gasteiger partial charge in [-0.1, -0.05) is 12.1 Å². The highest BCUT2D eigenvalue weighted by Gasteiger charge is 2.03. The van der Waals surface area contributed by atoms with Crippen LogP contribution in [0.25, 0.3) is 0 Å². The second-order valence-electron chi connectivity index (χ2n) is 3.37. The van der Waals surface area contributed by atoms with Crippen LogP contribution in [0.4, 0.5) is 11.5 Å². The highest BCUT2D eigenvalue weighted by molar-refractivity contribution is 5.82. The van der Waals surface area contributed by atoms with E-state index in [-0.39, 0.29) is 5.69 Å². The molecule has 90 valence electrons. The molecule has 0 aliphatic carbocycles. The number of benzene rings is 1. The van der Waals surface area contributed by atoms with Crippen LogP contribution in [-0.2, 0) is 0 Å². The molecule has 0 atom stereocenters. The fraction of sp³-hybridized carbons (Fsp3) is 0. The molecule has 0 aliphatic rings. The normalized spacial score (nSPS) is 10.7. The van der Waals surface area contributed by atoms with Crippen molar-refractivity contribution in [1.82, 2.24) is 9.97 Å². The summed E-state index contributed by atoms with van der Waals surface area (Å²) in [4.78, 5) is 30.9. The van der Waals surface area contributed by atoms with Crippen molar-refractivity contribution in [3.63, 3.8) is 0 Å². The molecule has 2 aromatic rings. The van der Waals surface area contributed by atoms with Crippen molar-refractivity contribution >= 4 is 17.7 Å². The van der Waals surface area contributed by atoms with E-state index in [1.807, 2.05) is 0 Å². The molecule has 7 nitrogen and oxygen atoms in total. The van der Waals surface area contributed by atoms with Crippen LogP contribution in [0.1, 0.15) is 5.56 Å². The Morgan fingerprint density at radius 1 is 1.39 bits per heavy atom. The zero-order valence-electron chi connectivity index (χ0n) is 9.11. The molecule has 0 bridgehead atoms. The van der Waals surface area contributed by atoms with Crippen LogP contribution in [-0.4, -0.2) is 21.1 Å². The van der Waals surface area contributed by atoms with Crippen LogP contribution < -0.4 is 5.69 Å². The lowest BCUT2D eigenvalue weighted by atomic mass is 10.2. The predicted molar refractivity (Wildman–Crippen MR) is 65.2 cm³/mol. The summed E-state index contributed by atoms with van der Waals surface area (Å²) in [5.41, 5.74) is 0.0627. The SMILES string of the molecule is O=c1nccc(N=Cc2cccc([N+](=O)[O-])c2)[nH]1. The van der Waals surface area contributed by atoms with Gasteiger partial charge < -0.3 is 0 Å². The van der Waals surface area contributed by atoms with Gasteiger partial charge in [-0.25, -0.2) is 14.8 Å². The molecule has 18 heavy (non-hydrogen) atoms. The van der Waals surface area contributed by atoms with Gasteiger partial charge >= 0.3 is 5.69 Å². The minimum absolute atomic E-state index is 0.0119. The number of nitrogens with zero attached hydrogens (tertiary/aromatic N) is 3. The van der Waals surface area contributed by atoms with Crippen LogP contribution in [0, 0.1) is 10.1 Å². The maximum Gasteiger partial charge on any atom is 0.346 e. The van der Waals surface area contributed by atoms with Gasteiger partial charge in [0.05, 0.1) is 4.92 Å². The number of aromatic amines is 1. The van der Waals surface area contributed by atoms with Crippen molar-refractivity contribution in [3.8, 4) is 0 Å². The monoisotopic (exact) mass is 244 g/mol. The van der Waals surface area contributed by atoms with Gasteiger partial charge in [0, 0.05) is 24.5 Å². The predicted octanol–water partition coefficient (Wildman–Crippen LogP) is 1.43. The Hall–Kier alpha value is -2.83. The van der Waals surface area contributed by atoms with Crippen LogP contribution in [0.5, 0.6) is 0 Å². The highest BCUT2D eigenvalue weighted by atomic mass is 16.6. The summed E-state index contributed by atoms with van der Waals surface area (Å²) in [6.45, 7) is 0. The van der Waals surface area contributed by atoms with Gasteiger partial charge in [-0.3, -0.25) is 15.1 Å². The number of hydrogen-bond acceptors (Lipinski definition) is 5. The molecule has 0 aliphatic heterocycles. The van der Waals surface area contributed by atoms with Gasteiger partial charge in [-0.2, -0.15) is 0 Å². The van der Waals surface area contributed by atoms with Crippen molar-refractivity contribution in [2.75, 3.05) is 0 Å². The molecule has 1 N–H and O–H groups in total. The molecule has 7 heteroatoms. The van der Waals surface area contributed by atoms with E-state index < -0.39 is 10.6 Å². The van der Waals surface area contributed by atoms with E-state index in [9.17, 15) is 14.9 Å². The van der Waals surface area contributed by atoms with Crippen molar-refractivity contribution in [3.05, 3.63) is 62.7 Å². The van der Waals surface area contributed by atoms with Gasteiger partial charge in [-0.15, -0.1) is 0 Å². The maximum absolute atomic E-state index is 10.9. The van der Waals surface area contributed by atoms with Crippen LogP contribution in [0.15, 0.2) is 46.3 Å². The zero-order chi connectivity index (χ0) is 13.0. The Morgan fingerprint density at radius 2 is 2.22 bits per heavy atom. The molecule has 1 aromatic heterocycles. The van der Waals surface area contributed by atoms with Crippen LogP contribution in [0.2, 0.25) is 0 Å². The Labute approximate surface area is 101 Å². The fourth-order valence-corrected chi connectivity index (χ4v) is 1.30. The first kappa shape index (κ1) is 11.6. The number of nitrogens with one attached hydrogen (secondary N) is 1. The Balaban J connectivity index is 2.26. The molecular weight excluding hydrogens is 236 g/mol. The fourth-order valence-electron chi connectivity index (χ4n) is 1.30. The average Bonchev–Trinajstić information content (AvgIpc) is 2.37. The number of aliphatic imine (C=N–C) groups is 1. The largest absolute Gasteiger partial charge is 0.346 e. The zero-order valence-corrected chi connectivity index (χ0v) is 9.11. The third kappa shape index (κ3) is 2.85. The lowest BCUT2D eigenvalue weighted by molar-refractivity contribution is -0.384. The number of aromatic nitrogens is 2. The molecule has 0 saturated heterocycles. The first-order valence-electron chi connectivity index (χ1n) is 4.99. The second-order valence-corrected chi connectivity index (χ2v) is 3.37. The van der Waals surface area contributed by atoms with Crippen molar-refractivity contribution < 1.29 is 4.92 Å². The number of rotatable bonds is 3. The van der Waals surface area contributed by atoms with E-state index in [0.29, 0.717) is 11.4 Å². The minimum Gasteiger partial charge on any atom is -0.290 e. The third-order valence-electron chi connectivity index (χ3n) is 2.09. The first-order valence-corrected chi connectivity index (χ1v) is 4.99. The molecule has 0 fully saturated rings. The molecule has 2 rings (SSSR count). The van der Waals surface area contributed by atoms with Gasteiger partial charge in [-0.05, 0) is 11.6 Å². The number of non-ortho nitro benzene ring substituents is 1. The maximum atomic E-state index is 10.9. The standard InChI is InChI=1S/C11H8N4O3/c16-11-12-5-4-10(14-11)13-7-8-2-1-3-9(6-8)15(17)18/h1-7H,(H,12,14,16). The van der Waals surface area contributed by atoms with Crippen LogP contribution in [0.3, 0.4) is 0 Å². The summed E-state index contributed by atoms with van der Waals surface area (Å²) in [5.74, 6) is 0.335. The Kier molecular flexibility index (Phi) is 3.24. The van der Waals surface area contributed by atoms with E-state index in [2.05, 4.69) is 15.0 Å². The Morgan fingerprint density at radius 3 is 2.94 bits per heavy atom. The van der Waals surface area contributed by atoms with Gasteiger partial charge in [0.1, 0.15) is 5.82 Å². The minimum atomic E-state index is -0.497. The quantitative estimate of drug-likeness (QED) is 0.501. The summed E-state index contributed by atoms with van der Waals surface area (Å²) in [5, 5.41) is 10.6. The summed E-state index contributed by atoms with van der Waals surface area (Å²) < 4.78 is 0. The molecule has 0 saturated carbocycles. The van der Waals surface area contributed by atoms with E-state index in [1.54, 1.807) is 12.1 Å². The average molecular weight is 244 g/mol. The second kappa shape index (κ2) is 5.00. The van der Waals surface area contributed by atoms with E-state index in [1.165, 1.54) is 30.6 Å². The summed E-state index contributed by atoms with van der Waals surface area (Å²) >= 11 is 0. The smallest absolute Gasteiger partial charge is 0.290 e. The van der Waals surface area contributed by atoms with Crippen molar-refractivity contribution in [1.29, 1.82) is 0 Å². The number of nitro groups is 1. The number of nitro benzene ring substituents is 1. The van der Waals surface area contributed by atoms with Crippen molar-refractivity contribution in [2.45, 2.75) is 0 Å². The molecule has 0 amide bonds. The van der Waals surface area contributed by atoms with E-state index in [0.717, 1.165) is 0 Å². The third-order valence-corrected chi connectivity index (χ3v) is 2.09. The number of H-pyrrole nitrogens is 1. The summed E-state index contributed by atoms with van der Waals surface area (Å²) in [7, 11) is 0. The summed E-state index contributed by atoms with van der Waals surface area (Å²) in [6.07, 6.45) is 2.76. The lowest BCUT2D eigenvalue weighted by Gasteiger charge is -1.94. The van der Waals surface area contributed by atoms with Gasteiger partial charge in [0.25, 0.3) is 5.69 Å².